The molecule has 2 rings (SSSR count). The smallest absolute Gasteiger partial charge is 0.188 e. The number of halogens is 1. The van der Waals surface area contributed by atoms with Crippen LogP contribution in [0.2, 0.25) is 0 Å². The van der Waals surface area contributed by atoms with E-state index < -0.39 is 12.0 Å². The van der Waals surface area contributed by atoms with Gasteiger partial charge in [-0.1, -0.05) is 6.07 Å². The van der Waals surface area contributed by atoms with Crippen LogP contribution in [0.4, 0.5) is 10.1 Å². The summed E-state index contributed by atoms with van der Waals surface area (Å²) in [6, 6.07) is 4.42. The Hall–Kier alpha value is -1.29. The highest BCUT2D eigenvalue weighted by Gasteiger charge is 2.25. The van der Waals surface area contributed by atoms with E-state index in [2.05, 4.69) is 0 Å². The highest BCUT2D eigenvalue weighted by molar-refractivity contribution is 5.53. The number of hydrogen-bond acceptors (Lipinski definition) is 3. The summed E-state index contributed by atoms with van der Waals surface area (Å²) >= 11 is 0. The zero-order valence-electron chi connectivity index (χ0n) is 7.65. The molecule has 1 aromatic rings. The number of rotatable bonds is 1. The Morgan fingerprint density at radius 2 is 2.21 bits per heavy atom. The third-order valence-electron chi connectivity index (χ3n) is 2.49. The largest absolute Gasteiger partial charge is 0.505 e. The van der Waals surface area contributed by atoms with Gasteiger partial charge in [-0.3, -0.25) is 0 Å². The van der Waals surface area contributed by atoms with Crippen molar-refractivity contribution in [1.82, 2.24) is 0 Å². The second kappa shape index (κ2) is 3.46. The molecule has 0 bridgehead atoms. The van der Waals surface area contributed by atoms with Gasteiger partial charge in [0, 0.05) is 6.54 Å². The van der Waals surface area contributed by atoms with Gasteiger partial charge in [0.05, 0.1) is 5.69 Å². The van der Waals surface area contributed by atoms with Gasteiger partial charge in [0.15, 0.2) is 11.6 Å². The van der Waals surface area contributed by atoms with Crippen LogP contribution in [0.25, 0.3) is 0 Å². The van der Waals surface area contributed by atoms with Gasteiger partial charge in [-0.25, -0.2) is 4.39 Å². The summed E-state index contributed by atoms with van der Waals surface area (Å²) in [5.41, 5.74) is 0.273. The Kier molecular flexibility index (Phi) is 2.29. The highest BCUT2D eigenvalue weighted by atomic mass is 19.1. The number of nitrogens with zero attached hydrogens (tertiary/aromatic N) is 1. The lowest BCUT2D eigenvalue weighted by molar-refractivity contribution is 0.185. The van der Waals surface area contributed by atoms with Gasteiger partial charge in [-0.05, 0) is 25.0 Å². The number of phenols is 1. The standard InChI is InChI=1S/C10H12FNO2/c11-10-7(3-1-4-8(10)13)12-6-2-5-9(12)14/h1,3-4,9,13-14H,2,5-6H2. The van der Waals surface area contributed by atoms with Gasteiger partial charge in [0.25, 0.3) is 0 Å². The predicted octanol–water partition coefficient (Wildman–Crippen LogP) is 1.45. The van der Waals surface area contributed by atoms with E-state index in [1.165, 1.54) is 6.07 Å². The first kappa shape index (κ1) is 9.27. The fourth-order valence-corrected chi connectivity index (χ4v) is 1.76. The Morgan fingerprint density at radius 1 is 1.43 bits per heavy atom. The van der Waals surface area contributed by atoms with E-state index in [-0.39, 0.29) is 11.4 Å². The van der Waals surface area contributed by atoms with Crippen LogP contribution in [0, 0.1) is 5.82 Å². The SMILES string of the molecule is Oc1cccc(N2CCCC2O)c1F. The van der Waals surface area contributed by atoms with Crippen LogP contribution < -0.4 is 4.90 Å². The summed E-state index contributed by atoms with van der Waals surface area (Å²) < 4.78 is 13.4. The summed E-state index contributed by atoms with van der Waals surface area (Å²) in [6.45, 7) is 0.627. The van der Waals surface area contributed by atoms with Crippen LogP contribution in [0.3, 0.4) is 0 Å². The molecule has 1 heterocycles. The van der Waals surface area contributed by atoms with Crippen LogP contribution in [0.5, 0.6) is 5.75 Å². The molecule has 1 aromatic carbocycles. The molecule has 0 amide bonds. The molecule has 2 N–H and O–H groups in total. The lowest BCUT2D eigenvalue weighted by Crippen LogP contribution is -2.29. The minimum Gasteiger partial charge on any atom is -0.505 e. The molecule has 4 heteroatoms. The third-order valence-corrected chi connectivity index (χ3v) is 2.49. The van der Waals surface area contributed by atoms with E-state index in [1.807, 2.05) is 0 Å². The lowest BCUT2D eigenvalue weighted by atomic mass is 10.2. The van der Waals surface area contributed by atoms with E-state index in [1.54, 1.807) is 17.0 Å². The molecular weight excluding hydrogens is 185 g/mol. The second-order valence-corrected chi connectivity index (χ2v) is 3.43. The van der Waals surface area contributed by atoms with Crippen molar-refractivity contribution in [1.29, 1.82) is 0 Å². The first-order valence-electron chi connectivity index (χ1n) is 4.62. The van der Waals surface area contributed by atoms with E-state index in [0.29, 0.717) is 13.0 Å². The molecule has 14 heavy (non-hydrogen) atoms. The van der Waals surface area contributed by atoms with E-state index in [9.17, 15) is 9.50 Å². The molecule has 76 valence electrons. The number of aromatic hydroxyl groups is 1. The van der Waals surface area contributed by atoms with Crippen molar-refractivity contribution in [2.24, 2.45) is 0 Å². The van der Waals surface area contributed by atoms with Gasteiger partial charge in [-0.2, -0.15) is 0 Å². The average Bonchev–Trinajstić information content (AvgIpc) is 2.57. The number of benzene rings is 1. The number of hydrogen-bond donors (Lipinski definition) is 2. The molecular formula is C10H12FNO2. The molecule has 0 radical (unpaired) electrons. The van der Waals surface area contributed by atoms with Crippen molar-refractivity contribution in [2.45, 2.75) is 19.1 Å². The van der Waals surface area contributed by atoms with Crippen LogP contribution >= 0.6 is 0 Å². The molecule has 1 atom stereocenters. The normalized spacial score (nSPS) is 21.6. The van der Waals surface area contributed by atoms with Crippen molar-refractivity contribution < 1.29 is 14.6 Å². The zero-order chi connectivity index (χ0) is 10.1. The topological polar surface area (TPSA) is 43.7 Å². The maximum Gasteiger partial charge on any atom is 0.188 e. The fraction of sp³-hybridized carbons (Fsp3) is 0.400. The van der Waals surface area contributed by atoms with Gasteiger partial charge in [-0.15, -0.1) is 0 Å². The molecule has 3 nitrogen and oxygen atoms in total. The quantitative estimate of drug-likeness (QED) is 0.716. The van der Waals surface area contributed by atoms with E-state index in [0.717, 1.165) is 6.42 Å². The fourth-order valence-electron chi connectivity index (χ4n) is 1.76. The van der Waals surface area contributed by atoms with Crippen LogP contribution in [-0.4, -0.2) is 23.0 Å². The Bertz CT molecular complexity index is 343. The predicted molar refractivity (Wildman–Crippen MR) is 50.7 cm³/mol. The number of aliphatic hydroxyl groups excluding tert-OH is 1. The maximum absolute atomic E-state index is 13.4. The van der Waals surface area contributed by atoms with Crippen molar-refractivity contribution in [3.05, 3.63) is 24.0 Å². The molecule has 1 unspecified atom stereocenters. The monoisotopic (exact) mass is 197 g/mol. The Morgan fingerprint density at radius 3 is 2.86 bits per heavy atom. The molecule has 0 spiro atoms. The molecule has 0 aromatic heterocycles. The first-order chi connectivity index (χ1) is 6.70. The van der Waals surface area contributed by atoms with Crippen molar-refractivity contribution in [3.8, 4) is 5.75 Å². The Labute approximate surface area is 81.4 Å². The second-order valence-electron chi connectivity index (χ2n) is 3.43. The number of anilines is 1. The molecule has 1 aliphatic heterocycles. The minimum absolute atomic E-state index is 0.273. The van der Waals surface area contributed by atoms with Crippen LogP contribution in [-0.2, 0) is 0 Å². The van der Waals surface area contributed by atoms with Crippen molar-refractivity contribution >= 4 is 5.69 Å². The van der Waals surface area contributed by atoms with Gasteiger partial charge >= 0.3 is 0 Å². The summed E-state index contributed by atoms with van der Waals surface area (Å²) in [7, 11) is 0. The van der Waals surface area contributed by atoms with Crippen molar-refractivity contribution in [2.75, 3.05) is 11.4 Å². The molecule has 1 fully saturated rings. The van der Waals surface area contributed by atoms with E-state index >= 15 is 0 Å². The number of aliphatic hydroxyl groups is 1. The first-order valence-corrected chi connectivity index (χ1v) is 4.62. The molecule has 0 aliphatic carbocycles. The zero-order valence-corrected chi connectivity index (χ0v) is 7.65. The highest BCUT2D eigenvalue weighted by Crippen LogP contribution is 2.30. The van der Waals surface area contributed by atoms with Crippen molar-refractivity contribution in [3.63, 3.8) is 0 Å². The van der Waals surface area contributed by atoms with E-state index in [4.69, 9.17) is 5.11 Å². The van der Waals surface area contributed by atoms with Gasteiger partial charge in [0.1, 0.15) is 6.23 Å². The summed E-state index contributed by atoms with van der Waals surface area (Å²) in [5.74, 6) is -1.03. The van der Waals surface area contributed by atoms with Crippen LogP contribution in [0.15, 0.2) is 18.2 Å². The van der Waals surface area contributed by atoms with Gasteiger partial charge < -0.3 is 15.1 Å². The number of phenolic OH excluding ortho intramolecular Hbond substituents is 1. The minimum atomic E-state index is -0.659. The summed E-state index contributed by atoms with van der Waals surface area (Å²) in [4.78, 5) is 1.56. The molecule has 1 saturated heterocycles. The third kappa shape index (κ3) is 1.42. The summed E-state index contributed by atoms with van der Waals surface area (Å²) in [5, 5.41) is 18.7. The molecule has 0 saturated carbocycles. The van der Waals surface area contributed by atoms with Gasteiger partial charge in [0.2, 0.25) is 0 Å². The lowest BCUT2D eigenvalue weighted by Gasteiger charge is -2.23. The summed E-state index contributed by atoms with van der Waals surface area (Å²) in [6.07, 6.45) is 0.858. The average molecular weight is 197 g/mol. The Balaban J connectivity index is 2.36. The maximum atomic E-state index is 13.4. The van der Waals surface area contributed by atoms with Crippen LogP contribution in [0.1, 0.15) is 12.8 Å². The molecule has 1 aliphatic rings.